The van der Waals surface area contributed by atoms with Gasteiger partial charge in [-0.05, 0) is 54.9 Å². The lowest BCUT2D eigenvalue weighted by atomic mass is 10.0. The summed E-state index contributed by atoms with van der Waals surface area (Å²) in [7, 11) is 0. The van der Waals surface area contributed by atoms with E-state index >= 15 is 0 Å². The molecule has 0 spiro atoms. The molecular weight excluding hydrogens is 319 g/mol. The molecule has 25 heavy (non-hydrogen) atoms. The summed E-state index contributed by atoms with van der Waals surface area (Å²) in [4.78, 5) is 22.6. The van der Waals surface area contributed by atoms with Crippen molar-refractivity contribution >= 4 is 11.7 Å². The molecule has 5 nitrogen and oxygen atoms in total. The van der Waals surface area contributed by atoms with Gasteiger partial charge in [-0.2, -0.15) is 4.39 Å². The number of pyridine rings is 2. The number of aryl methyl sites for hydroxylation is 1. The number of anilines is 1. The molecule has 2 unspecified atom stereocenters. The molecule has 2 atom stereocenters. The van der Waals surface area contributed by atoms with Gasteiger partial charge in [0.2, 0.25) is 11.9 Å². The van der Waals surface area contributed by atoms with Crippen LogP contribution in [0.15, 0.2) is 18.3 Å². The molecule has 1 amide bonds. The summed E-state index contributed by atoms with van der Waals surface area (Å²) in [6.07, 6.45) is 3.05. The van der Waals surface area contributed by atoms with Gasteiger partial charge in [-0.3, -0.25) is 4.79 Å². The van der Waals surface area contributed by atoms with Gasteiger partial charge in [0.25, 0.3) is 0 Å². The summed E-state index contributed by atoms with van der Waals surface area (Å²) in [6.45, 7) is 5.14. The summed E-state index contributed by atoms with van der Waals surface area (Å²) in [6, 6.07) is 3.15. The molecule has 0 radical (unpaired) electrons. The molecule has 2 aliphatic rings. The molecule has 6 heteroatoms. The molecule has 1 aliphatic heterocycles. The summed E-state index contributed by atoms with van der Waals surface area (Å²) in [5.74, 6) is 0.855. The topological polar surface area (TPSA) is 72.1 Å². The third-order valence-corrected chi connectivity index (χ3v) is 5.55. The predicted molar refractivity (Wildman–Crippen MR) is 92.0 cm³/mol. The van der Waals surface area contributed by atoms with Crippen LogP contribution in [0.4, 0.5) is 10.2 Å². The van der Waals surface area contributed by atoms with Crippen molar-refractivity contribution < 1.29 is 9.18 Å². The van der Waals surface area contributed by atoms with Crippen LogP contribution in [0.25, 0.3) is 0 Å². The van der Waals surface area contributed by atoms with Gasteiger partial charge in [-0.25, -0.2) is 9.97 Å². The zero-order valence-electron chi connectivity index (χ0n) is 14.4. The lowest BCUT2D eigenvalue weighted by Crippen LogP contribution is -2.25. The Balaban J connectivity index is 1.41. The highest BCUT2D eigenvalue weighted by Crippen LogP contribution is 2.49. The van der Waals surface area contributed by atoms with E-state index in [4.69, 9.17) is 5.73 Å². The first-order valence-corrected chi connectivity index (χ1v) is 8.57. The Morgan fingerprint density at radius 3 is 2.80 bits per heavy atom. The molecule has 2 aromatic heterocycles. The van der Waals surface area contributed by atoms with Crippen LogP contribution in [0.2, 0.25) is 0 Å². The summed E-state index contributed by atoms with van der Waals surface area (Å²) in [5, 5.41) is 0. The maximum atomic E-state index is 12.9. The molecule has 0 bridgehead atoms. The lowest BCUT2D eigenvalue weighted by molar-refractivity contribution is -0.132. The summed E-state index contributed by atoms with van der Waals surface area (Å²) < 4.78 is 12.9. The van der Waals surface area contributed by atoms with Gasteiger partial charge in [0.1, 0.15) is 5.82 Å². The molecule has 130 valence electrons. The van der Waals surface area contributed by atoms with Gasteiger partial charge in [-0.15, -0.1) is 0 Å². The van der Waals surface area contributed by atoms with Crippen LogP contribution in [0, 0.1) is 25.7 Å². The Morgan fingerprint density at radius 2 is 2.08 bits per heavy atom. The second kappa shape index (κ2) is 5.79. The molecule has 0 aromatic carbocycles. The van der Waals surface area contributed by atoms with Gasteiger partial charge in [-0.1, -0.05) is 6.07 Å². The maximum Gasteiger partial charge on any atom is 0.223 e. The Labute approximate surface area is 146 Å². The number of halogens is 1. The van der Waals surface area contributed by atoms with Crippen molar-refractivity contribution in [1.29, 1.82) is 0 Å². The molecule has 3 heterocycles. The van der Waals surface area contributed by atoms with Crippen LogP contribution in [-0.4, -0.2) is 20.8 Å². The lowest BCUT2D eigenvalue weighted by Gasteiger charge is -2.15. The van der Waals surface area contributed by atoms with E-state index in [1.54, 1.807) is 12.3 Å². The van der Waals surface area contributed by atoms with Crippen LogP contribution in [0.5, 0.6) is 0 Å². The normalized spacial score (nSPS) is 21.3. The molecule has 0 saturated heterocycles. The molecule has 1 aliphatic carbocycles. The Bertz CT molecular complexity index is 849. The van der Waals surface area contributed by atoms with Gasteiger partial charge in [0.05, 0.1) is 0 Å². The van der Waals surface area contributed by atoms with E-state index in [9.17, 15) is 9.18 Å². The number of hydrogen-bond acceptors (Lipinski definition) is 4. The Hall–Kier alpha value is -2.50. The van der Waals surface area contributed by atoms with Crippen molar-refractivity contribution in [1.82, 2.24) is 14.9 Å². The van der Waals surface area contributed by atoms with Crippen molar-refractivity contribution in [2.24, 2.45) is 5.92 Å². The van der Waals surface area contributed by atoms with Gasteiger partial charge in [0.15, 0.2) is 0 Å². The highest BCUT2D eigenvalue weighted by Gasteiger charge is 2.41. The van der Waals surface area contributed by atoms with Crippen LogP contribution < -0.4 is 5.73 Å². The average molecular weight is 340 g/mol. The van der Waals surface area contributed by atoms with Crippen molar-refractivity contribution in [2.75, 3.05) is 5.73 Å². The van der Waals surface area contributed by atoms with Crippen molar-refractivity contribution in [2.45, 2.75) is 45.7 Å². The number of carbonyl (C=O) groups excluding carboxylic acids is 1. The van der Waals surface area contributed by atoms with E-state index in [1.807, 2.05) is 18.7 Å². The van der Waals surface area contributed by atoms with Crippen molar-refractivity contribution in [3.05, 3.63) is 52.2 Å². The minimum atomic E-state index is -0.469. The van der Waals surface area contributed by atoms with Crippen LogP contribution in [0.3, 0.4) is 0 Å². The van der Waals surface area contributed by atoms with E-state index in [0.717, 1.165) is 34.4 Å². The number of fused-ring (bicyclic) bond motifs is 1. The first kappa shape index (κ1) is 16.0. The quantitative estimate of drug-likeness (QED) is 0.872. The fourth-order valence-corrected chi connectivity index (χ4v) is 3.78. The van der Waals surface area contributed by atoms with Crippen LogP contribution in [0.1, 0.15) is 46.7 Å². The second-order valence-electron chi connectivity index (χ2n) is 7.14. The van der Waals surface area contributed by atoms with Gasteiger partial charge >= 0.3 is 0 Å². The number of carbonyl (C=O) groups is 1. The molecule has 2 N–H and O–H groups in total. The smallest absolute Gasteiger partial charge is 0.223 e. The highest BCUT2D eigenvalue weighted by atomic mass is 19.1. The monoisotopic (exact) mass is 340 g/mol. The first-order chi connectivity index (χ1) is 11.9. The molecule has 2 aromatic rings. The molecule has 1 saturated carbocycles. The number of amides is 1. The van der Waals surface area contributed by atoms with Gasteiger partial charge < -0.3 is 10.6 Å². The number of nitrogen functional groups attached to an aromatic ring is 1. The van der Waals surface area contributed by atoms with Crippen LogP contribution >= 0.6 is 0 Å². The van der Waals surface area contributed by atoms with E-state index in [1.165, 1.54) is 6.07 Å². The Morgan fingerprint density at radius 1 is 1.32 bits per heavy atom. The third-order valence-electron chi connectivity index (χ3n) is 5.55. The fourth-order valence-electron chi connectivity index (χ4n) is 3.78. The second-order valence-corrected chi connectivity index (χ2v) is 7.14. The SMILES string of the molecule is Cc1nc(N)c2c(c1C)CN(C(=O)CC1CC1c1ccc(F)nc1)C2. The number of nitrogens with two attached hydrogens (primary N) is 1. The molecular formula is C19H21FN4O. The highest BCUT2D eigenvalue weighted by molar-refractivity contribution is 5.78. The van der Waals surface area contributed by atoms with Crippen molar-refractivity contribution in [3.63, 3.8) is 0 Å². The number of aromatic nitrogens is 2. The van der Waals surface area contributed by atoms with E-state index in [2.05, 4.69) is 9.97 Å². The number of nitrogens with zero attached hydrogens (tertiary/aromatic N) is 3. The average Bonchev–Trinajstić information content (AvgIpc) is 3.18. The molecule has 1 fully saturated rings. The van der Waals surface area contributed by atoms with E-state index in [-0.39, 0.29) is 5.91 Å². The third kappa shape index (κ3) is 2.86. The van der Waals surface area contributed by atoms with Crippen LogP contribution in [-0.2, 0) is 17.9 Å². The standard InChI is InChI=1S/C19H21FN4O/c1-10-11(2)23-19(21)16-9-24(8-15(10)16)18(25)6-13-5-14(13)12-3-4-17(20)22-7-12/h3-4,7,13-14H,5-6,8-9H2,1-2H3,(H2,21,23). The summed E-state index contributed by atoms with van der Waals surface area (Å²) >= 11 is 0. The zero-order chi connectivity index (χ0) is 17.7. The van der Waals surface area contributed by atoms with E-state index in [0.29, 0.717) is 37.2 Å². The number of rotatable bonds is 3. The van der Waals surface area contributed by atoms with Gasteiger partial charge in [0, 0.05) is 37.0 Å². The molecule has 4 rings (SSSR count). The fraction of sp³-hybridized carbons (Fsp3) is 0.421. The summed E-state index contributed by atoms with van der Waals surface area (Å²) in [5.41, 5.74) is 11.3. The largest absolute Gasteiger partial charge is 0.383 e. The minimum absolute atomic E-state index is 0.148. The zero-order valence-corrected chi connectivity index (χ0v) is 14.4. The minimum Gasteiger partial charge on any atom is -0.383 e. The van der Waals surface area contributed by atoms with E-state index < -0.39 is 5.95 Å². The predicted octanol–water partition coefficient (Wildman–Crippen LogP) is 2.85. The van der Waals surface area contributed by atoms with Crippen molar-refractivity contribution in [3.8, 4) is 0 Å². The number of hydrogen-bond donors (Lipinski definition) is 1. The Kier molecular flexibility index (Phi) is 3.71. The first-order valence-electron chi connectivity index (χ1n) is 8.57. The maximum absolute atomic E-state index is 12.9.